The van der Waals surface area contributed by atoms with E-state index < -0.39 is 36.8 Å². The Balaban J connectivity index is 1.23. The molecule has 0 radical (unpaired) electrons. The molecule has 0 aromatic heterocycles. The Morgan fingerprint density at radius 1 is 0.873 bits per heavy atom. The van der Waals surface area contributed by atoms with Crippen molar-refractivity contribution >= 4 is 11.8 Å². The normalized spacial score (nSPS) is 44.6. The molecule has 6 aliphatic rings. The van der Waals surface area contributed by atoms with E-state index in [1.807, 2.05) is 13.8 Å². The molecule has 3 saturated heterocycles. The summed E-state index contributed by atoms with van der Waals surface area (Å²) in [6.07, 6.45) is 11.5. The molecule has 0 aromatic carbocycles. The number of cyclic esters (lactones) is 1. The van der Waals surface area contributed by atoms with Crippen LogP contribution in [0.3, 0.4) is 0 Å². The van der Waals surface area contributed by atoms with Crippen LogP contribution in [0.2, 0.25) is 0 Å². The number of allylic oxidation sites excluding steroid dienone is 4. The number of carbonyl (C=O) groups excluding carboxylic acids is 2. The Morgan fingerprint density at radius 2 is 1.62 bits per heavy atom. The summed E-state index contributed by atoms with van der Waals surface area (Å²) < 4.78 is 49.6. The highest BCUT2D eigenvalue weighted by Gasteiger charge is 2.52. The van der Waals surface area contributed by atoms with Crippen molar-refractivity contribution < 1.29 is 52.6 Å². The summed E-state index contributed by atoms with van der Waals surface area (Å²) in [6, 6.07) is 0.307. The highest BCUT2D eigenvalue weighted by atomic mass is 16.7. The lowest BCUT2D eigenvalue weighted by Crippen LogP contribution is -2.59. The summed E-state index contributed by atoms with van der Waals surface area (Å²) >= 11 is 0. The molecule has 0 spiro atoms. The van der Waals surface area contributed by atoms with E-state index in [-0.39, 0.29) is 84.4 Å². The minimum atomic E-state index is -0.660. The number of rotatable bonds is 10. The second-order valence-electron chi connectivity index (χ2n) is 17.1. The lowest BCUT2D eigenvalue weighted by Gasteiger charge is -2.44. The molecular weight excluding hydrogens is 706 g/mol. The summed E-state index contributed by atoms with van der Waals surface area (Å²) in [5, 5.41) is 9.99. The Labute approximate surface area is 328 Å². The topological polar surface area (TPSA) is 131 Å². The molecule has 6 rings (SSSR count). The second kappa shape index (κ2) is 18.7. The molecular formula is C43H67NO11. The first-order valence-corrected chi connectivity index (χ1v) is 20.7. The van der Waals surface area contributed by atoms with Crippen LogP contribution in [0, 0.1) is 35.5 Å². The fourth-order valence-corrected chi connectivity index (χ4v) is 10.5. The molecule has 18 atom stereocenters. The Bertz CT molecular complexity index is 1400. The number of likely N-dealkylation sites (N-methyl/N-ethyl adjacent to an activating group) is 1. The SMILES string of the molecule is CO[C@@H]1[C@@H](OC)[C@H](C)O[C@@H](O[C@@H]2CC3C=CC4C5CC(=O)O[C@@H](C=CC(C)O)CCC[C@H](OC6CC[C@H](N(C)C)[C@@H](C)O6)[C@@H](C)C(=O)C5=CC4C3C2)[C@@H]1OC. The van der Waals surface area contributed by atoms with Gasteiger partial charge in [-0.15, -0.1) is 0 Å². The molecule has 4 fully saturated rings. The molecule has 3 aliphatic heterocycles. The first-order chi connectivity index (χ1) is 26.3. The van der Waals surface area contributed by atoms with Crippen LogP contribution >= 0.6 is 0 Å². The van der Waals surface area contributed by atoms with Gasteiger partial charge in [0, 0.05) is 39.2 Å². The number of fused-ring (bicyclic) bond motifs is 5. The largest absolute Gasteiger partial charge is 0.458 e. The highest BCUT2D eigenvalue weighted by molar-refractivity contribution is 5.99. The smallest absolute Gasteiger partial charge is 0.307 e. The van der Waals surface area contributed by atoms with Gasteiger partial charge in [-0.25, -0.2) is 0 Å². The van der Waals surface area contributed by atoms with Gasteiger partial charge in [-0.1, -0.05) is 31.2 Å². The van der Waals surface area contributed by atoms with Gasteiger partial charge in [0.2, 0.25) is 0 Å². The van der Waals surface area contributed by atoms with Crippen LogP contribution in [-0.4, -0.2) is 131 Å². The van der Waals surface area contributed by atoms with Gasteiger partial charge in [0.1, 0.15) is 24.4 Å². The van der Waals surface area contributed by atoms with Crippen molar-refractivity contribution in [3.63, 3.8) is 0 Å². The van der Waals surface area contributed by atoms with Crippen LogP contribution in [0.5, 0.6) is 0 Å². The molecule has 7 unspecified atom stereocenters. The van der Waals surface area contributed by atoms with Crippen molar-refractivity contribution in [3.05, 3.63) is 36.0 Å². The monoisotopic (exact) mass is 773 g/mol. The Hall–Kier alpha value is -2.00. The van der Waals surface area contributed by atoms with Crippen LogP contribution in [-0.2, 0) is 47.5 Å². The third-order valence-corrected chi connectivity index (χ3v) is 13.3. The van der Waals surface area contributed by atoms with E-state index >= 15 is 0 Å². The Kier molecular flexibility index (Phi) is 14.5. The van der Waals surface area contributed by atoms with Gasteiger partial charge in [-0.05, 0) is 115 Å². The Morgan fingerprint density at radius 3 is 2.29 bits per heavy atom. The fourth-order valence-electron chi connectivity index (χ4n) is 10.5. The molecule has 0 aromatic rings. The predicted octanol–water partition coefficient (Wildman–Crippen LogP) is 5.01. The number of carbonyl (C=O) groups is 2. The van der Waals surface area contributed by atoms with E-state index in [1.165, 1.54) is 0 Å². The van der Waals surface area contributed by atoms with E-state index in [1.54, 1.807) is 40.4 Å². The molecule has 310 valence electrons. The number of methoxy groups -OCH3 is 3. The molecule has 55 heavy (non-hydrogen) atoms. The van der Waals surface area contributed by atoms with E-state index in [4.69, 9.17) is 37.9 Å². The van der Waals surface area contributed by atoms with Crippen LogP contribution in [0.1, 0.15) is 79.1 Å². The van der Waals surface area contributed by atoms with Gasteiger partial charge in [-0.3, -0.25) is 9.59 Å². The number of hydrogen-bond donors (Lipinski definition) is 1. The lowest BCUT2D eigenvalue weighted by atomic mass is 9.70. The van der Waals surface area contributed by atoms with Crippen molar-refractivity contribution in [2.24, 2.45) is 35.5 Å². The molecule has 12 nitrogen and oxygen atoms in total. The molecule has 3 aliphatic carbocycles. The van der Waals surface area contributed by atoms with Crippen LogP contribution in [0.15, 0.2) is 36.0 Å². The molecule has 0 bridgehead atoms. The standard InChI is InChI=1S/C43H67NO11/c1-23(45)13-15-28-11-10-12-36(55-38-18-17-35(44(5)6)25(3)51-38)24(2)39(47)34-21-32-30(33(34)22-37(46)53-28)16-14-27-19-29(20-31(27)32)54-43-42(50-9)41(49-8)40(48-7)26(4)52-43/h13-16,21,23-33,35-36,38,40-43,45H,10-12,17-20,22H2,1-9H3/t23?,24-,25-,26+,27?,28-,29-,30?,31?,32?,33?,35+,36+,38?,40+,41-,42-,43+/m1/s1. The van der Waals surface area contributed by atoms with Crippen LogP contribution in [0.4, 0.5) is 0 Å². The van der Waals surface area contributed by atoms with Gasteiger partial charge in [-0.2, -0.15) is 0 Å². The van der Waals surface area contributed by atoms with E-state index in [0.29, 0.717) is 30.9 Å². The van der Waals surface area contributed by atoms with Crippen molar-refractivity contribution in [1.82, 2.24) is 4.90 Å². The summed E-state index contributed by atoms with van der Waals surface area (Å²) in [7, 11) is 9.09. The summed E-state index contributed by atoms with van der Waals surface area (Å²) in [4.78, 5) is 30.6. The third kappa shape index (κ3) is 9.50. The van der Waals surface area contributed by atoms with E-state index in [9.17, 15) is 14.7 Å². The minimum absolute atomic E-state index is 0.00143. The number of hydrogen-bond acceptors (Lipinski definition) is 12. The molecule has 1 N–H and O–H groups in total. The number of nitrogens with zero attached hydrogens (tertiary/aromatic N) is 1. The number of ether oxygens (including phenoxy) is 8. The first-order valence-electron chi connectivity index (χ1n) is 20.7. The number of aliphatic hydroxyl groups is 1. The zero-order chi connectivity index (χ0) is 39.6. The molecule has 12 heteroatoms. The quantitative estimate of drug-likeness (QED) is 0.237. The van der Waals surface area contributed by atoms with Gasteiger partial charge in [0.25, 0.3) is 0 Å². The number of Topliss-reactive ketones (excluding diaryl/α,β-unsaturated/α-hetero) is 1. The second-order valence-corrected chi connectivity index (χ2v) is 17.1. The maximum atomic E-state index is 14.7. The first kappa shape index (κ1) is 42.6. The predicted molar refractivity (Wildman–Crippen MR) is 205 cm³/mol. The van der Waals surface area contributed by atoms with Crippen LogP contribution in [0.25, 0.3) is 0 Å². The molecule has 1 saturated carbocycles. The lowest BCUT2D eigenvalue weighted by molar-refractivity contribution is -0.314. The molecule has 3 heterocycles. The van der Waals surface area contributed by atoms with Crippen molar-refractivity contribution in [2.75, 3.05) is 35.4 Å². The van der Waals surface area contributed by atoms with E-state index in [2.05, 4.69) is 44.1 Å². The van der Waals surface area contributed by atoms with Gasteiger partial charge in [0.05, 0.1) is 36.9 Å². The highest BCUT2D eigenvalue weighted by Crippen LogP contribution is 2.54. The number of esters is 1. The van der Waals surface area contributed by atoms with Crippen LogP contribution < -0.4 is 0 Å². The molecule has 0 amide bonds. The van der Waals surface area contributed by atoms with Crippen molar-refractivity contribution in [3.8, 4) is 0 Å². The number of aliphatic hydroxyl groups excluding tert-OH is 1. The zero-order valence-electron chi connectivity index (χ0n) is 34.4. The summed E-state index contributed by atoms with van der Waals surface area (Å²) in [5.74, 6) is -0.479. The third-order valence-electron chi connectivity index (χ3n) is 13.3. The maximum absolute atomic E-state index is 14.7. The average Bonchev–Trinajstić information content (AvgIpc) is 3.72. The van der Waals surface area contributed by atoms with Gasteiger partial charge < -0.3 is 47.9 Å². The summed E-state index contributed by atoms with van der Waals surface area (Å²) in [6.45, 7) is 7.71. The van der Waals surface area contributed by atoms with E-state index in [0.717, 1.165) is 25.7 Å². The van der Waals surface area contributed by atoms with Gasteiger partial charge in [0.15, 0.2) is 18.4 Å². The average molecular weight is 774 g/mol. The summed E-state index contributed by atoms with van der Waals surface area (Å²) in [5.41, 5.74) is 0.711. The fraction of sp³-hybridized carbons (Fsp3) is 0.814. The number of ketones is 1. The zero-order valence-corrected chi connectivity index (χ0v) is 34.4. The maximum Gasteiger partial charge on any atom is 0.307 e. The van der Waals surface area contributed by atoms with Crippen molar-refractivity contribution in [1.29, 1.82) is 0 Å². The van der Waals surface area contributed by atoms with Gasteiger partial charge >= 0.3 is 5.97 Å². The van der Waals surface area contributed by atoms with Crippen molar-refractivity contribution in [2.45, 2.75) is 153 Å². The minimum Gasteiger partial charge on any atom is -0.458 e.